The highest BCUT2D eigenvalue weighted by Gasteiger charge is 2.47. The molecule has 19 heavy (non-hydrogen) atoms. The van der Waals surface area contributed by atoms with Crippen molar-refractivity contribution in [3.05, 3.63) is 42.5 Å². The fraction of sp³-hybridized carbons (Fsp3) is 0.357. The summed E-state index contributed by atoms with van der Waals surface area (Å²) in [5.41, 5.74) is 0. The summed E-state index contributed by atoms with van der Waals surface area (Å²) in [7, 11) is -3.17. The van der Waals surface area contributed by atoms with Crippen LogP contribution in [0.3, 0.4) is 0 Å². The molecule has 0 fully saturated rings. The van der Waals surface area contributed by atoms with Gasteiger partial charge in [0.05, 0.1) is 0 Å². The van der Waals surface area contributed by atoms with Crippen LogP contribution in [-0.4, -0.2) is 28.0 Å². The molecule has 0 radical (unpaired) electrons. The van der Waals surface area contributed by atoms with Crippen molar-refractivity contribution in [2.75, 3.05) is 13.2 Å². The Morgan fingerprint density at radius 3 is 2.21 bits per heavy atom. The van der Waals surface area contributed by atoms with Crippen molar-refractivity contribution in [1.82, 2.24) is 0 Å². The summed E-state index contributed by atoms with van der Waals surface area (Å²) < 4.78 is 16.9. The van der Waals surface area contributed by atoms with Gasteiger partial charge in [-0.1, -0.05) is 36.4 Å². The van der Waals surface area contributed by atoms with Gasteiger partial charge in [0.15, 0.2) is 0 Å². The summed E-state index contributed by atoms with van der Waals surface area (Å²) in [6, 6.07) is 9.37. The molecule has 5 heteroatoms. The van der Waals surface area contributed by atoms with E-state index in [2.05, 4.69) is 0 Å². The molecule has 0 heterocycles. The standard InChI is InChI=1S/C14H20O4Si/c1-4-10-14(15)18-19(16-5-2,17-6-3)13-11-8-7-9-12-13/h4,7-12H,5-6H2,1-3H3. The van der Waals surface area contributed by atoms with Gasteiger partial charge in [-0.3, -0.25) is 0 Å². The van der Waals surface area contributed by atoms with E-state index in [9.17, 15) is 4.79 Å². The van der Waals surface area contributed by atoms with Gasteiger partial charge in [0, 0.05) is 24.5 Å². The van der Waals surface area contributed by atoms with E-state index in [1.54, 1.807) is 13.0 Å². The molecule has 1 aromatic rings. The van der Waals surface area contributed by atoms with Gasteiger partial charge in [-0.15, -0.1) is 0 Å². The van der Waals surface area contributed by atoms with E-state index in [4.69, 9.17) is 13.3 Å². The van der Waals surface area contributed by atoms with Crippen LogP contribution < -0.4 is 5.19 Å². The number of rotatable bonds is 7. The third kappa shape index (κ3) is 4.31. The van der Waals surface area contributed by atoms with Crippen molar-refractivity contribution in [3.8, 4) is 0 Å². The van der Waals surface area contributed by atoms with Gasteiger partial charge < -0.3 is 13.3 Å². The van der Waals surface area contributed by atoms with Crippen LogP contribution in [0.15, 0.2) is 42.5 Å². The predicted octanol–water partition coefficient (Wildman–Crippen LogP) is 2.02. The number of benzene rings is 1. The minimum Gasteiger partial charge on any atom is -0.467 e. The molecule has 0 aliphatic heterocycles. The van der Waals surface area contributed by atoms with Crippen molar-refractivity contribution in [2.45, 2.75) is 20.8 Å². The maximum absolute atomic E-state index is 11.7. The second-order valence-corrected chi connectivity index (χ2v) is 6.18. The largest absolute Gasteiger partial charge is 0.604 e. The lowest BCUT2D eigenvalue weighted by Gasteiger charge is -2.27. The number of carbonyl (C=O) groups is 1. The van der Waals surface area contributed by atoms with Crippen molar-refractivity contribution >= 4 is 20.0 Å². The average Bonchev–Trinajstić information content (AvgIpc) is 2.40. The molecule has 0 spiro atoms. The third-order valence-electron chi connectivity index (χ3n) is 2.33. The molecule has 0 saturated carbocycles. The molecule has 0 aliphatic rings. The summed E-state index contributed by atoms with van der Waals surface area (Å²) in [6.45, 7) is 6.31. The van der Waals surface area contributed by atoms with Gasteiger partial charge in [0.25, 0.3) is 0 Å². The molecule has 0 N–H and O–H groups in total. The number of hydrogen-bond acceptors (Lipinski definition) is 4. The zero-order chi connectivity index (χ0) is 14.1. The van der Waals surface area contributed by atoms with Gasteiger partial charge in [0.1, 0.15) is 0 Å². The number of carbonyl (C=O) groups excluding carboxylic acids is 1. The van der Waals surface area contributed by atoms with Crippen molar-refractivity contribution in [3.63, 3.8) is 0 Å². The molecule has 0 aromatic heterocycles. The second kappa shape index (κ2) is 7.88. The van der Waals surface area contributed by atoms with E-state index in [1.807, 2.05) is 44.2 Å². The van der Waals surface area contributed by atoms with Gasteiger partial charge in [0.2, 0.25) is 0 Å². The maximum Gasteiger partial charge on any atom is 0.604 e. The third-order valence-corrected chi connectivity index (χ3v) is 5.18. The Morgan fingerprint density at radius 1 is 1.16 bits per heavy atom. The lowest BCUT2D eigenvalue weighted by Crippen LogP contribution is -2.57. The summed E-state index contributed by atoms with van der Waals surface area (Å²) in [5.74, 6) is -0.445. The predicted molar refractivity (Wildman–Crippen MR) is 76.0 cm³/mol. The fourth-order valence-corrected chi connectivity index (χ4v) is 4.00. The van der Waals surface area contributed by atoms with Crippen molar-refractivity contribution in [2.24, 2.45) is 0 Å². The van der Waals surface area contributed by atoms with Crippen LogP contribution in [0.5, 0.6) is 0 Å². The topological polar surface area (TPSA) is 44.8 Å². The van der Waals surface area contributed by atoms with E-state index >= 15 is 0 Å². The Bertz CT molecular complexity index is 411. The highest BCUT2D eigenvalue weighted by Crippen LogP contribution is 2.11. The lowest BCUT2D eigenvalue weighted by atomic mass is 10.4. The zero-order valence-electron chi connectivity index (χ0n) is 11.6. The van der Waals surface area contributed by atoms with Crippen molar-refractivity contribution < 1.29 is 18.1 Å². The Labute approximate surface area is 115 Å². The van der Waals surface area contributed by atoms with Gasteiger partial charge in [-0.2, -0.15) is 0 Å². The molecule has 0 atom stereocenters. The van der Waals surface area contributed by atoms with Gasteiger partial charge in [-0.05, 0) is 20.8 Å². The Balaban J connectivity index is 3.09. The zero-order valence-corrected chi connectivity index (χ0v) is 12.6. The van der Waals surface area contributed by atoms with E-state index < -0.39 is 14.8 Å². The van der Waals surface area contributed by atoms with E-state index in [0.717, 1.165) is 5.19 Å². The van der Waals surface area contributed by atoms with Crippen LogP contribution in [0, 0.1) is 0 Å². The smallest absolute Gasteiger partial charge is 0.467 e. The maximum atomic E-state index is 11.7. The highest BCUT2D eigenvalue weighted by molar-refractivity contribution is 6.76. The summed E-state index contributed by atoms with van der Waals surface area (Å²) >= 11 is 0. The van der Waals surface area contributed by atoms with Crippen LogP contribution >= 0.6 is 0 Å². The second-order valence-electron chi connectivity index (χ2n) is 3.71. The summed E-state index contributed by atoms with van der Waals surface area (Å²) in [5, 5.41) is 0.788. The quantitative estimate of drug-likeness (QED) is 0.566. The molecule has 0 bridgehead atoms. The molecule has 1 rings (SSSR count). The minimum atomic E-state index is -3.17. The monoisotopic (exact) mass is 280 g/mol. The molecule has 0 amide bonds. The highest BCUT2D eigenvalue weighted by atomic mass is 28.4. The average molecular weight is 280 g/mol. The number of hydrogen-bond donors (Lipinski definition) is 0. The summed E-state index contributed by atoms with van der Waals surface area (Å²) in [6.07, 6.45) is 2.99. The van der Waals surface area contributed by atoms with Crippen LogP contribution in [-0.2, 0) is 18.1 Å². The van der Waals surface area contributed by atoms with E-state index in [1.165, 1.54) is 6.08 Å². The lowest BCUT2D eigenvalue weighted by molar-refractivity contribution is -0.133. The van der Waals surface area contributed by atoms with E-state index in [-0.39, 0.29) is 0 Å². The fourth-order valence-electron chi connectivity index (χ4n) is 1.65. The van der Waals surface area contributed by atoms with Crippen LogP contribution in [0.25, 0.3) is 0 Å². The molecule has 0 saturated heterocycles. The molecule has 1 aromatic carbocycles. The first-order valence-corrected chi connectivity index (χ1v) is 8.10. The number of allylic oxidation sites excluding steroid dienone is 1. The Kier molecular flexibility index (Phi) is 6.48. The first-order valence-electron chi connectivity index (χ1n) is 6.37. The molecule has 0 unspecified atom stereocenters. The van der Waals surface area contributed by atoms with E-state index in [0.29, 0.717) is 13.2 Å². The Morgan fingerprint density at radius 2 is 1.74 bits per heavy atom. The van der Waals surface area contributed by atoms with Gasteiger partial charge >= 0.3 is 14.8 Å². The van der Waals surface area contributed by atoms with Crippen LogP contribution in [0.4, 0.5) is 0 Å². The van der Waals surface area contributed by atoms with Crippen molar-refractivity contribution in [1.29, 1.82) is 0 Å². The molecular formula is C14H20O4Si. The summed E-state index contributed by atoms with van der Waals surface area (Å²) in [4.78, 5) is 11.7. The van der Waals surface area contributed by atoms with Crippen LogP contribution in [0.1, 0.15) is 20.8 Å². The van der Waals surface area contributed by atoms with Crippen LogP contribution in [0.2, 0.25) is 0 Å². The molecular weight excluding hydrogens is 260 g/mol. The first kappa shape index (κ1) is 15.6. The normalized spacial score (nSPS) is 11.7. The molecule has 104 valence electrons. The molecule has 0 aliphatic carbocycles. The minimum absolute atomic E-state index is 0.421. The first-order chi connectivity index (χ1) is 9.18. The Hall–Kier alpha value is -1.43. The molecule has 4 nitrogen and oxygen atoms in total. The SMILES string of the molecule is CC=CC(=O)O[Si](OCC)(OCC)c1ccccc1. The van der Waals surface area contributed by atoms with Gasteiger partial charge in [-0.25, -0.2) is 4.79 Å².